The van der Waals surface area contributed by atoms with Gasteiger partial charge in [-0.05, 0) is 12.1 Å². The SMILES string of the molecule is C#CCn1c(=O)[nH]c2ncccc2c1=O. The molecular formula is C10H7N3O2. The molecule has 0 saturated heterocycles. The Morgan fingerprint density at radius 3 is 3.07 bits per heavy atom. The van der Waals surface area contributed by atoms with Gasteiger partial charge < -0.3 is 0 Å². The molecule has 0 aliphatic heterocycles. The van der Waals surface area contributed by atoms with Gasteiger partial charge >= 0.3 is 5.69 Å². The minimum atomic E-state index is -0.538. The standard InChI is InChI=1S/C10H7N3O2/c1-2-6-13-9(14)7-4-3-5-11-8(7)12-10(13)15/h1,3-5H,6H2,(H,11,12,15). The van der Waals surface area contributed by atoms with Crippen LogP contribution in [-0.4, -0.2) is 14.5 Å². The van der Waals surface area contributed by atoms with E-state index >= 15 is 0 Å². The molecule has 15 heavy (non-hydrogen) atoms. The predicted molar refractivity (Wildman–Crippen MR) is 55.5 cm³/mol. The fourth-order valence-electron chi connectivity index (χ4n) is 1.32. The van der Waals surface area contributed by atoms with Crippen molar-refractivity contribution in [1.82, 2.24) is 14.5 Å². The fourth-order valence-corrected chi connectivity index (χ4v) is 1.32. The number of rotatable bonds is 1. The number of aromatic nitrogens is 3. The Balaban J connectivity index is 2.92. The van der Waals surface area contributed by atoms with Crippen LogP contribution in [-0.2, 0) is 6.54 Å². The Hall–Kier alpha value is -2.35. The number of terminal acetylenes is 1. The van der Waals surface area contributed by atoms with E-state index in [0.717, 1.165) is 4.57 Å². The van der Waals surface area contributed by atoms with Crippen molar-refractivity contribution >= 4 is 11.0 Å². The van der Waals surface area contributed by atoms with Crippen LogP contribution in [0.15, 0.2) is 27.9 Å². The molecule has 2 aromatic heterocycles. The molecule has 2 rings (SSSR count). The second kappa shape index (κ2) is 3.42. The van der Waals surface area contributed by atoms with E-state index in [2.05, 4.69) is 15.9 Å². The summed E-state index contributed by atoms with van der Waals surface area (Å²) in [4.78, 5) is 29.5. The monoisotopic (exact) mass is 201 g/mol. The van der Waals surface area contributed by atoms with E-state index in [4.69, 9.17) is 6.42 Å². The van der Waals surface area contributed by atoms with E-state index in [0.29, 0.717) is 5.39 Å². The third kappa shape index (κ3) is 1.42. The van der Waals surface area contributed by atoms with E-state index in [1.165, 1.54) is 6.20 Å². The summed E-state index contributed by atoms with van der Waals surface area (Å²) in [7, 11) is 0. The summed E-state index contributed by atoms with van der Waals surface area (Å²) in [6, 6.07) is 3.22. The van der Waals surface area contributed by atoms with Gasteiger partial charge in [-0.2, -0.15) is 0 Å². The second-order valence-corrected chi connectivity index (χ2v) is 2.93. The first-order chi connectivity index (χ1) is 7.24. The molecule has 0 aliphatic rings. The minimum absolute atomic E-state index is 0.0427. The van der Waals surface area contributed by atoms with Gasteiger partial charge in [0.25, 0.3) is 5.56 Å². The molecule has 0 unspecified atom stereocenters. The van der Waals surface area contributed by atoms with Crippen molar-refractivity contribution in [3.63, 3.8) is 0 Å². The average molecular weight is 201 g/mol. The third-order valence-corrected chi connectivity index (χ3v) is 2.00. The lowest BCUT2D eigenvalue weighted by atomic mass is 10.3. The van der Waals surface area contributed by atoms with Crippen molar-refractivity contribution in [3.8, 4) is 12.3 Å². The Morgan fingerprint density at radius 2 is 2.33 bits per heavy atom. The van der Waals surface area contributed by atoms with Gasteiger partial charge in [-0.1, -0.05) is 5.92 Å². The van der Waals surface area contributed by atoms with Crippen LogP contribution in [0.25, 0.3) is 11.0 Å². The smallest absolute Gasteiger partial charge is 0.291 e. The molecule has 0 amide bonds. The molecule has 0 saturated carbocycles. The molecule has 2 aromatic rings. The molecule has 74 valence electrons. The van der Waals surface area contributed by atoms with E-state index in [1.54, 1.807) is 12.1 Å². The number of hydrogen-bond donors (Lipinski definition) is 1. The Kier molecular flexibility index (Phi) is 2.10. The molecular weight excluding hydrogens is 194 g/mol. The largest absolute Gasteiger partial charge is 0.330 e. The summed E-state index contributed by atoms with van der Waals surface area (Å²) in [5.74, 6) is 2.25. The first kappa shape index (κ1) is 9.21. The zero-order chi connectivity index (χ0) is 10.8. The number of nitrogens with one attached hydrogen (secondary N) is 1. The van der Waals surface area contributed by atoms with Crippen molar-refractivity contribution < 1.29 is 0 Å². The first-order valence-corrected chi connectivity index (χ1v) is 4.25. The molecule has 0 spiro atoms. The summed E-state index contributed by atoms with van der Waals surface area (Å²) in [5, 5.41) is 0.354. The molecule has 1 N–H and O–H groups in total. The lowest BCUT2D eigenvalue weighted by molar-refractivity contribution is 0.739. The normalized spacial score (nSPS) is 10.1. The van der Waals surface area contributed by atoms with Gasteiger partial charge in [0.15, 0.2) is 0 Å². The van der Waals surface area contributed by atoms with Gasteiger partial charge in [-0.3, -0.25) is 9.78 Å². The number of nitrogens with zero attached hydrogens (tertiary/aromatic N) is 2. The van der Waals surface area contributed by atoms with Crippen LogP contribution in [0.1, 0.15) is 0 Å². The van der Waals surface area contributed by atoms with E-state index in [1.807, 2.05) is 0 Å². The lowest BCUT2D eigenvalue weighted by Gasteiger charge is -2.00. The van der Waals surface area contributed by atoms with Crippen molar-refractivity contribution in [3.05, 3.63) is 39.2 Å². The van der Waals surface area contributed by atoms with E-state index < -0.39 is 11.2 Å². The summed E-state index contributed by atoms with van der Waals surface area (Å²) >= 11 is 0. The van der Waals surface area contributed by atoms with Crippen LogP contribution in [0, 0.1) is 12.3 Å². The van der Waals surface area contributed by atoms with Gasteiger partial charge in [0.05, 0.1) is 11.9 Å². The van der Waals surface area contributed by atoms with Gasteiger partial charge in [0.1, 0.15) is 5.65 Å². The van der Waals surface area contributed by atoms with E-state index in [9.17, 15) is 9.59 Å². The number of H-pyrrole nitrogens is 1. The van der Waals surface area contributed by atoms with Gasteiger partial charge in [0, 0.05) is 6.20 Å². The molecule has 0 fully saturated rings. The maximum Gasteiger partial charge on any atom is 0.330 e. The van der Waals surface area contributed by atoms with Crippen LogP contribution >= 0.6 is 0 Å². The molecule has 0 aromatic carbocycles. The maximum absolute atomic E-state index is 11.7. The highest BCUT2D eigenvalue weighted by atomic mass is 16.2. The first-order valence-electron chi connectivity index (χ1n) is 4.25. The summed E-state index contributed by atoms with van der Waals surface area (Å²) in [6.45, 7) is -0.0427. The zero-order valence-electron chi connectivity index (χ0n) is 7.73. The predicted octanol–water partition coefficient (Wildman–Crippen LogP) is -0.282. The van der Waals surface area contributed by atoms with Crippen LogP contribution in [0.5, 0.6) is 0 Å². The maximum atomic E-state index is 11.7. The van der Waals surface area contributed by atoms with E-state index in [-0.39, 0.29) is 12.2 Å². The molecule has 0 atom stereocenters. The van der Waals surface area contributed by atoms with Gasteiger partial charge in [0.2, 0.25) is 0 Å². The third-order valence-electron chi connectivity index (χ3n) is 2.00. The van der Waals surface area contributed by atoms with Crippen LogP contribution in [0.4, 0.5) is 0 Å². The summed E-state index contributed by atoms with van der Waals surface area (Å²) < 4.78 is 0.962. The van der Waals surface area contributed by atoms with Crippen molar-refractivity contribution in [2.45, 2.75) is 6.54 Å². The Bertz CT molecular complexity index is 661. The molecule has 0 bridgehead atoms. The quantitative estimate of drug-likeness (QED) is 0.645. The topological polar surface area (TPSA) is 67.8 Å². The van der Waals surface area contributed by atoms with Crippen LogP contribution in [0.2, 0.25) is 0 Å². The highest BCUT2D eigenvalue weighted by Crippen LogP contribution is 1.98. The van der Waals surface area contributed by atoms with Crippen LogP contribution < -0.4 is 11.2 Å². The van der Waals surface area contributed by atoms with Gasteiger partial charge in [-0.25, -0.2) is 14.3 Å². The van der Waals surface area contributed by atoms with Gasteiger partial charge in [-0.15, -0.1) is 6.42 Å². The average Bonchev–Trinajstić information content (AvgIpc) is 2.24. The number of fused-ring (bicyclic) bond motifs is 1. The molecule has 5 heteroatoms. The lowest BCUT2D eigenvalue weighted by Crippen LogP contribution is -2.34. The minimum Gasteiger partial charge on any atom is -0.291 e. The van der Waals surface area contributed by atoms with Crippen molar-refractivity contribution in [2.24, 2.45) is 0 Å². The second-order valence-electron chi connectivity index (χ2n) is 2.93. The number of aromatic amines is 1. The Morgan fingerprint density at radius 1 is 1.53 bits per heavy atom. The highest BCUT2D eigenvalue weighted by molar-refractivity contribution is 5.72. The summed E-state index contributed by atoms with van der Waals surface area (Å²) in [5.41, 5.74) is -0.676. The highest BCUT2D eigenvalue weighted by Gasteiger charge is 2.05. The zero-order valence-corrected chi connectivity index (χ0v) is 7.73. The van der Waals surface area contributed by atoms with Crippen molar-refractivity contribution in [2.75, 3.05) is 0 Å². The van der Waals surface area contributed by atoms with Crippen molar-refractivity contribution in [1.29, 1.82) is 0 Å². The van der Waals surface area contributed by atoms with Crippen LogP contribution in [0.3, 0.4) is 0 Å². The molecule has 2 heterocycles. The molecule has 5 nitrogen and oxygen atoms in total. The molecule has 0 radical (unpaired) electrons. The summed E-state index contributed by atoms with van der Waals surface area (Å²) in [6.07, 6.45) is 6.57. The molecule has 0 aliphatic carbocycles. The number of hydrogen-bond acceptors (Lipinski definition) is 3. The fraction of sp³-hybridized carbons (Fsp3) is 0.100. The number of pyridine rings is 1. The Labute approximate surface area is 84.4 Å².